The molecule has 6 nitrogen and oxygen atoms in total. The zero-order valence-electron chi connectivity index (χ0n) is 15.6. The Hall–Kier alpha value is -3.15. The van der Waals surface area contributed by atoms with E-state index in [1.165, 1.54) is 0 Å². The van der Waals surface area contributed by atoms with Crippen LogP contribution in [0, 0.1) is 0 Å². The molecular formula is C21H22O6. The number of rotatable bonds is 8. The fraction of sp³-hybridized carbons (Fsp3) is 0.286. The number of carbonyl (C=O) groups excluding carboxylic acids is 1. The van der Waals surface area contributed by atoms with E-state index in [0.717, 1.165) is 16.5 Å². The van der Waals surface area contributed by atoms with Crippen molar-refractivity contribution in [3.63, 3.8) is 0 Å². The summed E-state index contributed by atoms with van der Waals surface area (Å²) in [6.45, 7) is 0.114. The zero-order valence-corrected chi connectivity index (χ0v) is 15.6. The number of para-hydroxylation sites is 1. The summed E-state index contributed by atoms with van der Waals surface area (Å²) in [5.41, 5.74) is 1.67. The molecule has 1 heterocycles. The molecule has 27 heavy (non-hydrogen) atoms. The van der Waals surface area contributed by atoms with E-state index in [2.05, 4.69) is 0 Å². The number of benzene rings is 2. The first-order valence-electron chi connectivity index (χ1n) is 8.56. The summed E-state index contributed by atoms with van der Waals surface area (Å²) in [4.78, 5) is 12.1. The van der Waals surface area contributed by atoms with Crippen LogP contribution in [0.25, 0.3) is 11.0 Å². The van der Waals surface area contributed by atoms with Gasteiger partial charge in [-0.1, -0.05) is 18.2 Å². The van der Waals surface area contributed by atoms with Gasteiger partial charge in [-0.15, -0.1) is 0 Å². The number of aryl methyl sites for hydroxylation is 1. The molecule has 3 rings (SSSR count). The maximum absolute atomic E-state index is 12.1. The van der Waals surface area contributed by atoms with Crippen LogP contribution in [-0.2, 0) is 22.6 Å². The second-order valence-corrected chi connectivity index (χ2v) is 5.94. The van der Waals surface area contributed by atoms with Gasteiger partial charge in [-0.05, 0) is 36.2 Å². The molecule has 0 spiro atoms. The van der Waals surface area contributed by atoms with Crippen LogP contribution in [0.2, 0.25) is 0 Å². The monoisotopic (exact) mass is 370 g/mol. The van der Waals surface area contributed by atoms with E-state index in [9.17, 15) is 4.79 Å². The number of hydrogen-bond acceptors (Lipinski definition) is 6. The molecule has 142 valence electrons. The second-order valence-electron chi connectivity index (χ2n) is 5.94. The highest BCUT2D eigenvalue weighted by atomic mass is 16.5. The minimum absolute atomic E-state index is 0.114. The van der Waals surface area contributed by atoms with Gasteiger partial charge in [0, 0.05) is 11.8 Å². The van der Waals surface area contributed by atoms with Gasteiger partial charge in [-0.25, -0.2) is 0 Å². The van der Waals surface area contributed by atoms with E-state index >= 15 is 0 Å². The lowest BCUT2D eigenvalue weighted by atomic mass is 10.1. The zero-order chi connectivity index (χ0) is 19.2. The van der Waals surface area contributed by atoms with E-state index in [1.54, 1.807) is 21.3 Å². The van der Waals surface area contributed by atoms with E-state index in [4.69, 9.17) is 23.4 Å². The van der Waals surface area contributed by atoms with Gasteiger partial charge in [0.15, 0.2) is 11.5 Å². The van der Waals surface area contributed by atoms with Gasteiger partial charge in [-0.2, -0.15) is 0 Å². The van der Waals surface area contributed by atoms with Crippen LogP contribution < -0.4 is 14.2 Å². The predicted octanol–water partition coefficient (Wildman–Crippen LogP) is 4.13. The van der Waals surface area contributed by atoms with Crippen LogP contribution in [0.5, 0.6) is 17.2 Å². The van der Waals surface area contributed by atoms with Gasteiger partial charge in [0.2, 0.25) is 5.75 Å². The number of ether oxygens (including phenoxy) is 4. The number of esters is 1. The minimum atomic E-state index is -0.302. The molecule has 0 radical (unpaired) electrons. The molecule has 0 saturated carbocycles. The van der Waals surface area contributed by atoms with Crippen LogP contribution >= 0.6 is 0 Å². The van der Waals surface area contributed by atoms with Crippen molar-refractivity contribution in [3.05, 3.63) is 53.8 Å². The standard InChI is InChI=1S/C21H22O6/c1-23-18-10-14(11-19(24-2)21(18)25-3)8-9-20(22)26-13-16-12-15-6-4-5-7-17(15)27-16/h4-7,10-12H,8-9,13H2,1-3H3. The van der Waals surface area contributed by atoms with Crippen molar-refractivity contribution in [2.24, 2.45) is 0 Å². The predicted molar refractivity (Wildman–Crippen MR) is 100 cm³/mol. The normalized spacial score (nSPS) is 10.6. The molecule has 0 bridgehead atoms. The molecule has 0 N–H and O–H groups in total. The summed E-state index contributed by atoms with van der Waals surface area (Å²) in [6.07, 6.45) is 0.731. The first kappa shape index (κ1) is 18.6. The Balaban J connectivity index is 1.58. The molecule has 0 fully saturated rings. The first-order valence-corrected chi connectivity index (χ1v) is 8.56. The largest absolute Gasteiger partial charge is 0.493 e. The maximum Gasteiger partial charge on any atom is 0.306 e. The summed E-state index contributed by atoms with van der Waals surface area (Å²) < 4.78 is 26.9. The molecule has 0 amide bonds. The van der Waals surface area contributed by atoms with Crippen molar-refractivity contribution in [3.8, 4) is 17.2 Å². The van der Waals surface area contributed by atoms with Gasteiger partial charge in [-0.3, -0.25) is 4.79 Å². The fourth-order valence-corrected chi connectivity index (χ4v) is 2.86. The third-order valence-electron chi connectivity index (χ3n) is 4.19. The number of carbonyl (C=O) groups is 1. The van der Waals surface area contributed by atoms with Gasteiger partial charge < -0.3 is 23.4 Å². The summed E-state index contributed by atoms with van der Waals surface area (Å²) in [7, 11) is 4.67. The minimum Gasteiger partial charge on any atom is -0.493 e. The Morgan fingerprint density at radius 1 is 0.963 bits per heavy atom. The lowest BCUT2D eigenvalue weighted by molar-refractivity contribution is -0.145. The van der Waals surface area contributed by atoms with Gasteiger partial charge in [0.25, 0.3) is 0 Å². The molecule has 0 aliphatic rings. The SMILES string of the molecule is COc1cc(CCC(=O)OCc2cc3ccccc3o2)cc(OC)c1OC. The Labute approximate surface area is 157 Å². The van der Waals surface area contributed by atoms with Gasteiger partial charge in [0.1, 0.15) is 18.0 Å². The third-order valence-corrected chi connectivity index (χ3v) is 4.19. The lowest BCUT2D eigenvalue weighted by Crippen LogP contribution is -2.06. The molecule has 0 aliphatic carbocycles. The van der Waals surface area contributed by atoms with E-state index in [0.29, 0.717) is 29.4 Å². The Morgan fingerprint density at radius 2 is 1.67 bits per heavy atom. The first-order chi connectivity index (χ1) is 13.1. The van der Waals surface area contributed by atoms with E-state index in [1.807, 2.05) is 42.5 Å². The number of hydrogen-bond donors (Lipinski definition) is 0. The molecule has 0 aliphatic heterocycles. The van der Waals surface area contributed by atoms with Crippen molar-refractivity contribution in [1.82, 2.24) is 0 Å². The molecular weight excluding hydrogens is 348 g/mol. The summed E-state index contributed by atoms with van der Waals surface area (Å²) in [5, 5.41) is 0.987. The Morgan fingerprint density at radius 3 is 2.30 bits per heavy atom. The van der Waals surface area contributed by atoms with Crippen molar-refractivity contribution >= 4 is 16.9 Å². The van der Waals surface area contributed by atoms with E-state index < -0.39 is 0 Å². The number of methoxy groups -OCH3 is 3. The van der Waals surface area contributed by atoms with Crippen LogP contribution in [0.4, 0.5) is 0 Å². The highest BCUT2D eigenvalue weighted by Crippen LogP contribution is 2.38. The average Bonchev–Trinajstić information content (AvgIpc) is 3.12. The summed E-state index contributed by atoms with van der Waals surface area (Å²) in [5.74, 6) is 1.96. The Kier molecular flexibility index (Phi) is 5.86. The van der Waals surface area contributed by atoms with Gasteiger partial charge in [0.05, 0.1) is 21.3 Å². The molecule has 0 atom stereocenters. The van der Waals surface area contributed by atoms with Crippen LogP contribution in [0.3, 0.4) is 0 Å². The van der Waals surface area contributed by atoms with E-state index in [-0.39, 0.29) is 19.0 Å². The fourth-order valence-electron chi connectivity index (χ4n) is 2.86. The second kappa shape index (κ2) is 8.49. The average molecular weight is 370 g/mol. The van der Waals surface area contributed by atoms with Crippen LogP contribution in [0.1, 0.15) is 17.7 Å². The smallest absolute Gasteiger partial charge is 0.306 e. The molecule has 1 aromatic heterocycles. The highest BCUT2D eigenvalue weighted by molar-refractivity contribution is 5.77. The van der Waals surface area contributed by atoms with Crippen molar-refractivity contribution in [1.29, 1.82) is 0 Å². The third kappa shape index (κ3) is 4.34. The van der Waals surface area contributed by atoms with Crippen molar-refractivity contribution in [2.45, 2.75) is 19.4 Å². The lowest BCUT2D eigenvalue weighted by Gasteiger charge is -2.14. The van der Waals surface area contributed by atoms with Gasteiger partial charge >= 0.3 is 5.97 Å². The summed E-state index contributed by atoms with van der Waals surface area (Å²) >= 11 is 0. The Bertz CT molecular complexity index is 869. The van der Waals surface area contributed by atoms with Crippen molar-refractivity contribution < 1.29 is 28.2 Å². The molecule has 6 heteroatoms. The topological polar surface area (TPSA) is 67.1 Å². The van der Waals surface area contributed by atoms with Crippen LogP contribution in [0.15, 0.2) is 46.9 Å². The highest BCUT2D eigenvalue weighted by Gasteiger charge is 2.14. The quantitative estimate of drug-likeness (QED) is 0.555. The summed E-state index contributed by atoms with van der Waals surface area (Å²) in [6, 6.07) is 13.2. The molecule has 2 aromatic carbocycles. The molecule has 0 saturated heterocycles. The molecule has 3 aromatic rings. The van der Waals surface area contributed by atoms with Crippen molar-refractivity contribution in [2.75, 3.05) is 21.3 Å². The molecule has 0 unspecified atom stereocenters. The maximum atomic E-state index is 12.1. The number of furan rings is 1. The van der Waals surface area contributed by atoms with Crippen LogP contribution in [-0.4, -0.2) is 27.3 Å². The number of fused-ring (bicyclic) bond motifs is 1.